The third-order valence-corrected chi connectivity index (χ3v) is 4.52. The van der Waals surface area contributed by atoms with E-state index in [9.17, 15) is 26.3 Å². The van der Waals surface area contributed by atoms with Crippen LogP contribution in [0.3, 0.4) is 0 Å². The maximum absolute atomic E-state index is 13.1. The second-order valence-electron chi connectivity index (χ2n) is 5.56. The van der Waals surface area contributed by atoms with E-state index in [0.29, 0.717) is 9.46 Å². The van der Waals surface area contributed by atoms with E-state index in [0.717, 1.165) is 23.9 Å². The fourth-order valence-corrected chi connectivity index (χ4v) is 3.20. The molecule has 2 N–H and O–H groups in total. The van der Waals surface area contributed by atoms with Gasteiger partial charge in [-0.15, -0.1) is 13.2 Å². The number of hydrogen-bond donors (Lipinski definition) is 2. The van der Waals surface area contributed by atoms with Crippen molar-refractivity contribution in [2.24, 2.45) is 0 Å². The number of nitrogens with zero attached hydrogens (tertiary/aromatic N) is 2. The van der Waals surface area contributed by atoms with E-state index in [4.69, 9.17) is 10.8 Å². The third kappa shape index (κ3) is 4.70. The molecule has 0 unspecified atom stereocenters. The molecule has 0 atom stereocenters. The zero-order valence-corrected chi connectivity index (χ0v) is 14.9. The van der Waals surface area contributed by atoms with Crippen molar-refractivity contribution < 1.29 is 31.1 Å². The lowest BCUT2D eigenvalue weighted by molar-refractivity contribution is -0.274. The number of fused-ring (bicyclic) bond motifs is 1. The highest BCUT2D eigenvalue weighted by molar-refractivity contribution is 7.99. The van der Waals surface area contributed by atoms with E-state index < -0.39 is 29.6 Å². The zero-order valence-electron chi connectivity index (χ0n) is 14.1. The first kappa shape index (κ1) is 20.7. The van der Waals surface area contributed by atoms with Crippen molar-refractivity contribution in [2.45, 2.75) is 22.5 Å². The number of rotatable bonds is 3. The molecule has 0 amide bonds. The van der Waals surface area contributed by atoms with Gasteiger partial charge in [0.1, 0.15) is 10.8 Å². The van der Waals surface area contributed by atoms with E-state index in [1.807, 2.05) is 0 Å². The molecule has 1 aromatic heterocycles. The van der Waals surface area contributed by atoms with Crippen LogP contribution in [-0.4, -0.2) is 27.9 Å². The van der Waals surface area contributed by atoms with Gasteiger partial charge in [0, 0.05) is 4.90 Å². The Morgan fingerprint density at radius 1 is 0.966 bits per heavy atom. The summed E-state index contributed by atoms with van der Waals surface area (Å²) in [5.74, 6) is -2.22. The molecule has 0 saturated carbocycles. The summed E-state index contributed by atoms with van der Waals surface area (Å²) in [5, 5.41) is 15.4. The summed E-state index contributed by atoms with van der Waals surface area (Å²) in [7, 11) is 0. The third-order valence-electron chi connectivity index (χ3n) is 3.53. The maximum atomic E-state index is 13.1. The summed E-state index contributed by atoms with van der Waals surface area (Å²) in [4.78, 5) is 4.48. The molecule has 152 valence electrons. The number of aromatic nitrogens is 2. The summed E-state index contributed by atoms with van der Waals surface area (Å²) >= 11 is 0.778. The van der Waals surface area contributed by atoms with Gasteiger partial charge in [-0.05, 0) is 36.4 Å². The summed E-state index contributed by atoms with van der Waals surface area (Å²) in [5.41, 5.74) is -0.623. The number of ether oxygens (including phenoxy) is 1. The molecule has 0 aliphatic carbocycles. The van der Waals surface area contributed by atoms with Gasteiger partial charge in [0.15, 0.2) is 5.49 Å². The van der Waals surface area contributed by atoms with Crippen LogP contribution in [0.15, 0.2) is 58.5 Å². The molecule has 2 aromatic carbocycles. The number of alkyl halides is 6. The van der Waals surface area contributed by atoms with Crippen molar-refractivity contribution in [3.05, 3.63) is 54.0 Å². The van der Waals surface area contributed by atoms with Crippen LogP contribution in [0.1, 0.15) is 0 Å². The molecule has 0 saturated heterocycles. The first-order valence-electron chi connectivity index (χ1n) is 7.72. The molecule has 29 heavy (non-hydrogen) atoms. The highest BCUT2D eigenvalue weighted by Gasteiger charge is 2.37. The predicted molar refractivity (Wildman–Crippen MR) is 92.0 cm³/mol. The van der Waals surface area contributed by atoms with Crippen LogP contribution in [0.4, 0.5) is 26.3 Å². The Labute approximate surface area is 163 Å². The smallest absolute Gasteiger partial charge is 0.406 e. The van der Waals surface area contributed by atoms with Crippen molar-refractivity contribution in [1.29, 1.82) is 10.8 Å². The number of hydrogen-bond acceptors (Lipinski definition) is 5. The van der Waals surface area contributed by atoms with Gasteiger partial charge in [0.05, 0.1) is 11.0 Å². The molecular formula is C17H10F6N4OS. The first-order valence-corrected chi connectivity index (χ1v) is 8.53. The Hall–Kier alpha value is -3.02. The topological polar surface area (TPSA) is 74.8 Å². The van der Waals surface area contributed by atoms with Gasteiger partial charge in [0.2, 0.25) is 5.84 Å². The molecule has 5 nitrogen and oxygen atoms in total. The van der Waals surface area contributed by atoms with Crippen LogP contribution >= 0.6 is 11.8 Å². The minimum absolute atomic E-state index is 0.0712. The minimum atomic E-state index is -5.00. The Morgan fingerprint density at radius 2 is 1.59 bits per heavy atom. The van der Waals surface area contributed by atoms with Gasteiger partial charge in [-0.25, -0.2) is 4.98 Å². The zero-order chi connectivity index (χ0) is 21.4. The SMILES string of the molecule is N=C(n1c(=N)c(Sc2ccc(OC(F)(F)F)cc2)nc2ccccc21)C(F)(F)F. The Balaban J connectivity index is 2.03. The lowest BCUT2D eigenvalue weighted by Gasteiger charge is -2.16. The standard InChI is InChI=1S/C17H10F6N4OS/c18-16(19,20)15(25)27-12-4-2-1-3-11(12)26-14(13(27)24)29-10-7-5-9(6-8-10)28-17(21,22)23/h1-8,24-25H. The van der Waals surface area contributed by atoms with Gasteiger partial charge in [-0.3, -0.25) is 15.4 Å². The quantitative estimate of drug-likeness (QED) is 0.349. The summed E-state index contributed by atoms with van der Waals surface area (Å²) in [6, 6.07) is 10.3. The average Bonchev–Trinajstić information content (AvgIpc) is 2.61. The predicted octanol–water partition coefficient (Wildman–Crippen LogP) is 4.95. The molecule has 0 bridgehead atoms. The lowest BCUT2D eigenvalue weighted by atomic mass is 10.3. The fourth-order valence-electron chi connectivity index (χ4n) is 2.38. The highest BCUT2D eigenvalue weighted by atomic mass is 32.2. The molecule has 3 aromatic rings. The summed E-state index contributed by atoms with van der Waals surface area (Å²) in [6.07, 6.45) is -9.85. The largest absolute Gasteiger partial charge is 0.573 e. The van der Waals surface area contributed by atoms with Crippen LogP contribution in [-0.2, 0) is 0 Å². The van der Waals surface area contributed by atoms with Crippen LogP contribution in [0.2, 0.25) is 0 Å². The molecule has 0 aliphatic heterocycles. The second kappa shape index (κ2) is 7.43. The van der Waals surface area contributed by atoms with Crippen LogP contribution < -0.4 is 10.2 Å². The molecule has 0 fully saturated rings. The first-order chi connectivity index (χ1) is 13.5. The molecule has 0 radical (unpaired) electrons. The van der Waals surface area contributed by atoms with Crippen LogP contribution in [0.5, 0.6) is 5.75 Å². The van der Waals surface area contributed by atoms with Gasteiger partial charge < -0.3 is 4.74 Å². The van der Waals surface area contributed by atoms with Crippen molar-refractivity contribution in [3.8, 4) is 5.75 Å². The van der Waals surface area contributed by atoms with Crippen molar-refractivity contribution in [1.82, 2.24) is 9.55 Å². The van der Waals surface area contributed by atoms with Gasteiger partial charge >= 0.3 is 12.5 Å². The second-order valence-corrected chi connectivity index (χ2v) is 6.62. The number of halogens is 6. The van der Waals surface area contributed by atoms with Crippen LogP contribution in [0, 0.1) is 10.8 Å². The Morgan fingerprint density at radius 3 is 2.17 bits per heavy atom. The Bertz CT molecular complexity index is 1120. The normalized spacial score (nSPS) is 12.2. The van der Waals surface area contributed by atoms with Crippen LogP contribution in [0.25, 0.3) is 11.0 Å². The van der Waals surface area contributed by atoms with Crippen molar-refractivity contribution in [3.63, 3.8) is 0 Å². The maximum Gasteiger partial charge on any atom is 0.573 e. The van der Waals surface area contributed by atoms with E-state index in [2.05, 4.69) is 9.72 Å². The molecule has 0 aliphatic rings. The van der Waals surface area contributed by atoms with Gasteiger partial charge in [-0.1, -0.05) is 23.9 Å². The molecule has 3 rings (SSSR count). The van der Waals surface area contributed by atoms with Gasteiger partial charge in [0.25, 0.3) is 0 Å². The van der Waals surface area contributed by atoms with Crippen molar-refractivity contribution >= 4 is 28.6 Å². The molecule has 12 heteroatoms. The number of para-hydroxylation sites is 2. The molecule has 1 heterocycles. The highest BCUT2D eigenvalue weighted by Crippen LogP contribution is 2.29. The van der Waals surface area contributed by atoms with E-state index in [1.54, 1.807) is 0 Å². The summed E-state index contributed by atoms with van der Waals surface area (Å²) in [6.45, 7) is 0. The number of nitrogens with one attached hydrogen (secondary N) is 2. The Kier molecular flexibility index (Phi) is 5.30. The minimum Gasteiger partial charge on any atom is -0.406 e. The van der Waals surface area contributed by atoms with E-state index in [1.165, 1.54) is 36.4 Å². The fraction of sp³-hybridized carbons (Fsp3) is 0.118. The molecular weight excluding hydrogens is 422 g/mol. The average molecular weight is 432 g/mol. The van der Waals surface area contributed by atoms with Gasteiger partial charge in [-0.2, -0.15) is 13.2 Å². The number of benzene rings is 2. The van der Waals surface area contributed by atoms with E-state index in [-0.39, 0.29) is 16.1 Å². The summed E-state index contributed by atoms with van der Waals surface area (Å²) < 4.78 is 80.2. The van der Waals surface area contributed by atoms with Crippen molar-refractivity contribution in [2.75, 3.05) is 0 Å². The lowest BCUT2D eigenvalue weighted by Crippen LogP contribution is -2.38. The monoisotopic (exact) mass is 432 g/mol. The van der Waals surface area contributed by atoms with E-state index >= 15 is 0 Å². The molecule has 0 spiro atoms.